The summed E-state index contributed by atoms with van der Waals surface area (Å²) < 4.78 is 5.65. The van der Waals surface area contributed by atoms with Gasteiger partial charge in [-0.05, 0) is 17.1 Å². The molecule has 0 aliphatic rings. The van der Waals surface area contributed by atoms with Crippen LogP contribution in [0.15, 0.2) is 54.6 Å². The number of ether oxygens (including phenoxy) is 1. The second-order valence-electron chi connectivity index (χ2n) is 3.54. The largest absolute Gasteiger partial charge is 0.489 e. The lowest BCUT2D eigenvalue weighted by molar-refractivity contribution is 0.308. The highest BCUT2D eigenvalue weighted by Gasteiger charge is 2.02. The molecular weight excluding hydrogens is 199 g/mol. The molecule has 0 amide bonds. The molecule has 0 aromatic heterocycles. The van der Waals surface area contributed by atoms with Crippen molar-refractivity contribution in [2.45, 2.75) is 6.61 Å². The Labute approximate surface area is 95.8 Å². The van der Waals surface area contributed by atoms with E-state index in [2.05, 4.69) is 0 Å². The summed E-state index contributed by atoms with van der Waals surface area (Å²) in [5, 5.41) is 9.14. The molecule has 3 heteroatoms. The number of rotatable bonds is 4. The molecule has 2 aromatic rings. The first kappa shape index (κ1) is 10.8. The highest BCUT2D eigenvalue weighted by molar-refractivity contribution is 6.46. The number of para-hydroxylation sites is 1. The zero-order valence-electron chi connectivity index (χ0n) is 8.97. The Morgan fingerprint density at radius 3 is 2.38 bits per heavy atom. The zero-order chi connectivity index (χ0) is 11.2. The van der Waals surface area contributed by atoms with E-state index in [0.717, 1.165) is 16.8 Å². The molecule has 0 fully saturated rings. The first-order valence-corrected chi connectivity index (χ1v) is 5.25. The van der Waals surface area contributed by atoms with E-state index in [4.69, 9.17) is 9.76 Å². The molecule has 0 heterocycles. The fraction of sp³-hybridized carbons (Fsp3) is 0.0769. The lowest BCUT2D eigenvalue weighted by Crippen LogP contribution is -2.16. The minimum atomic E-state index is 0.00492. The summed E-state index contributed by atoms with van der Waals surface area (Å²) in [6.45, 7) is 0.526. The predicted molar refractivity (Wildman–Crippen MR) is 66.2 cm³/mol. The molecule has 0 spiro atoms. The molecule has 0 saturated carbocycles. The minimum Gasteiger partial charge on any atom is -0.489 e. The average Bonchev–Trinajstić information content (AvgIpc) is 2.38. The van der Waals surface area contributed by atoms with Crippen molar-refractivity contribution in [2.24, 2.45) is 0 Å². The standard InChI is InChI=1S/C13H13BO2/c15-14-12-8-4-5-9-13(12)16-10-11-6-2-1-3-7-11/h1-9,14-15H,10H2. The monoisotopic (exact) mass is 212 g/mol. The van der Waals surface area contributed by atoms with Gasteiger partial charge in [0.2, 0.25) is 0 Å². The van der Waals surface area contributed by atoms with Gasteiger partial charge in [-0.25, -0.2) is 0 Å². The second kappa shape index (κ2) is 5.38. The van der Waals surface area contributed by atoms with Crippen molar-refractivity contribution in [1.82, 2.24) is 0 Å². The molecule has 0 saturated heterocycles. The van der Waals surface area contributed by atoms with Crippen LogP contribution in [0.5, 0.6) is 5.75 Å². The van der Waals surface area contributed by atoms with E-state index in [-0.39, 0.29) is 7.48 Å². The normalized spacial score (nSPS) is 9.81. The maximum Gasteiger partial charge on any atom is 0.308 e. The van der Waals surface area contributed by atoms with Crippen molar-refractivity contribution < 1.29 is 9.76 Å². The van der Waals surface area contributed by atoms with Crippen molar-refractivity contribution in [3.05, 3.63) is 60.2 Å². The van der Waals surface area contributed by atoms with Gasteiger partial charge in [-0.2, -0.15) is 0 Å². The third kappa shape index (κ3) is 2.64. The first-order chi connectivity index (χ1) is 7.90. The molecule has 0 radical (unpaired) electrons. The highest BCUT2D eigenvalue weighted by atomic mass is 16.5. The molecule has 2 nitrogen and oxygen atoms in total. The fourth-order valence-electron chi connectivity index (χ4n) is 1.51. The van der Waals surface area contributed by atoms with E-state index >= 15 is 0 Å². The van der Waals surface area contributed by atoms with E-state index in [9.17, 15) is 0 Å². The van der Waals surface area contributed by atoms with Crippen LogP contribution in [-0.2, 0) is 6.61 Å². The van der Waals surface area contributed by atoms with Crippen LogP contribution in [0.3, 0.4) is 0 Å². The van der Waals surface area contributed by atoms with Gasteiger partial charge in [-0.15, -0.1) is 0 Å². The van der Waals surface area contributed by atoms with Crippen molar-refractivity contribution in [1.29, 1.82) is 0 Å². The van der Waals surface area contributed by atoms with E-state index in [1.54, 1.807) is 0 Å². The van der Waals surface area contributed by atoms with Crippen LogP contribution in [0.2, 0.25) is 0 Å². The van der Waals surface area contributed by atoms with Gasteiger partial charge >= 0.3 is 7.48 Å². The molecule has 16 heavy (non-hydrogen) atoms. The molecule has 0 bridgehead atoms. The second-order valence-corrected chi connectivity index (χ2v) is 3.54. The molecule has 0 atom stereocenters. The molecule has 0 aliphatic heterocycles. The van der Waals surface area contributed by atoms with E-state index < -0.39 is 0 Å². The molecule has 80 valence electrons. The Hall–Kier alpha value is -1.74. The van der Waals surface area contributed by atoms with Gasteiger partial charge in [0.1, 0.15) is 12.4 Å². The van der Waals surface area contributed by atoms with Crippen LogP contribution in [0, 0.1) is 0 Å². The first-order valence-electron chi connectivity index (χ1n) is 5.25. The van der Waals surface area contributed by atoms with Crippen LogP contribution >= 0.6 is 0 Å². The van der Waals surface area contributed by atoms with Gasteiger partial charge < -0.3 is 9.76 Å². The Kier molecular flexibility index (Phi) is 3.62. The Balaban J connectivity index is 2.05. The lowest BCUT2D eigenvalue weighted by Gasteiger charge is -2.09. The quantitative estimate of drug-likeness (QED) is 0.772. The molecule has 2 rings (SSSR count). The zero-order valence-corrected chi connectivity index (χ0v) is 8.97. The lowest BCUT2D eigenvalue weighted by atomic mass is 9.88. The van der Waals surface area contributed by atoms with Crippen LogP contribution < -0.4 is 10.2 Å². The Bertz CT molecular complexity index is 443. The molecule has 2 aromatic carbocycles. The highest BCUT2D eigenvalue weighted by Crippen LogP contribution is 2.09. The Morgan fingerprint density at radius 2 is 1.62 bits per heavy atom. The molecule has 0 aliphatic carbocycles. The summed E-state index contributed by atoms with van der Waals surface area (Å²) in [6.07, 6.45) is 0. The van der Waals surface area contributed by atoms with Crippen LogP contribution in [0.25, 0.3) is 0 Å². The maximum atomic E-state index is 9.14. The van der Waals surface area contributed by atoms with Crippen LogP contribution in [-0.4, -0.2) is 12.5 Å². The van der Waals surface area contributed by atoms with Crippen molar-refractivity contribution >= 4 is 12.9 Å². The van der Waals surface area contributed by atoms with Crippen LogP contribution in [0.4, 0.5) is 0 Å². The van der Waals surface area contributed by atoms with Gasteiger partial charge in [-0.3, -0.25) is 0 Å². The van der Waals surface area contributed by atoms with E-state index in [0.29, 0.717) is 6.61 Å². The number of hydrogen-bond donors (Lipinski definition) is 1. The van der Waals surface area contributed by atoms with Crippen molar-refractivity contribution in [3.8, 4) is 5.75 Å². The summed E-state index contributed by atoms with van der Waals surface area (Å²) in [5.74, 6) is 0.744. The minimum absolute atomic E-state index is 0.00492. The summed E-state index contributed by atoms with van der Waals surface area (Å²) in [5.41, 5.74) is 1.94. The van der Waals surface area contributed by atoms with Gasteiger partial charge in [0.15, 0.2) is 0 Å². The molecule has 0 unspecified atom stereocenters. The molecular formula is C13H13BO2. The van der Waals surface area contributed by atoms with Gasteiger partial charge in [0, 0.05) is 0 Å². The average molecular weight is 212 g/mol. The van der Waals surface area contributed by atoms with Gasteiger partial charge in [-0.1, -0.05) is 48.5 Å². The third-order valence-corrected chi connectivity index (χ3v) is 2.38. The predicted octanol–water partition coefficient (Wildman–Crippen LogP) is 1.23. The summed E-state index contributed by atoms with van der Waals surface area (Å²) in [7, 11) is 0.00492. The number of hydrogen-bond acceptors (Lipinski definition) is 2. The fourth-order valence-corrected chi connectivity index (χ4v) is 1.51. The number of benzene rings is 2. The van der Waals surface area contributed by atoms with Crippen LogP contribution in [0.1, 0.15) is 5.56 Å². The van der Waals surface area contributed by atoms with Crippen molar-refractivity contribution in [2.75, 3.05) is 0 Å². The van der Waals surface area contributed by atoms with Gasteiger partial charge in [0.25, 0.3) is 0 Å². The maximum absolute atomic E-state index is 9.14. The smallest absolute Gasteiger partial charge is 0.308 e. The summed E-state index contributed by atoms with van der Waals surface area (Å²) >= 11 is 0. The summed E-state index contributed by atoms with van der Waals surface area (Å²) in [4.78, 5) is 0. The SMILES string of the molecule is OBc1ccccc1OCc1ccccc1. The third-order valence-electron chi connectivity index (χ3n) is 2.38. The molecule has 1 N–H and O–H groups in total. The van der Waals surface area contributed by atoms with Crippen molar-refractivity contribution in [3.63, 3.8) is 0 Å². The topological polar surface area (TPSA) is 29.5 Å². The van der Waals surface area contributed by atoms with Gasteiger partial charge in [0.05, 0.1) is 0 Å². The van der Waals surface area contributed by atoms with E-state index in [1.807, 2.05) is 54.6 Å². The van der Waals surface area contributed by atoms with E-state index in [1.165, 1.54) is 0 Å². The summed E-state index contributed by atoms with van der Waals surface area (Å²) in [6, 6.07) is 17.5. The Morgan fingerprint density at radius 1 is 0.938 bits per heavy atom.